The van der Waals surface area contributed by atoms with Crippen molar-refractivity contribution in [3.05, 3.63) is 0 Å². The van der Waals surface area contributed by atoms with Gasteiger partial charge in [-0.2, -0.15) is 0 Å². The minimum Gasteiger partial charge on any atom is -0.390 e. The lowest BCUT2D eigenvalue weighted by molar-refractivity contribution is -0.00279. The van der Waals surface area contributed by atoms with Gasteiger partial charge >= 0.3 is 0 Å². The number of aliphatic hydroxyl groups excluding tert-OH is 1. The Kier molecular flexibility index (Phi) is 2.49. The van der Waals surface area contributed by atoms with Crippen molar-refractivity contribution in [2.24, 2.45) is 0 Å². The second-order valence-corrected chi connectivity index (χ2v) is 2.53. The van der Waals surface area contributed by atoms with Crippen molar-refractivity contribution >= 4 is 0 Å². The SMILES string of the molecule is CC[C@@H](O)[C@@H]1CCCO1. The Morgan fingerprint density at radius 1 is 1.78 bits per heavy atom. The molecule has 0 saturated carbocycles. The average Bonchev–Trinajstić information content (AvgIpc) is 2.37. The first-order valence-corrected chi connectivity index (χ1v) is 3.64. The topological polar surface area (TPSA) is 29.5 Å². The molecule has 0 aliphatic carbocycles. The van der Waals surface area contributed by atoms with Gasteiger partial charge < -0.3 is 9.84 Å². The van der Waals surface area contributed by atoms with Crippen molar-refractivity contribution < 1.29 is 9.84 Å². The lowest BCUT2D eigenvalue weighted by Crippen LogP contribution is -2.23. The van der Waals surface area contributed by atoms with Gasteiger partial charge in [0.1, 0.15) is 0 Å². The van der Waals surface area contributed by atoms with Crippen LogP contribution in [0.4, 0.5) is 0 Å². The van der Waals surface area contributed by atoms with Gasteiger partial charge in [-0.25, -0.2) is 0 Å². The first-order chi connectivity index (χ1) is 4.34. The highest BCUT2D eigenvalue weighted by Gasteiger charge is 2.21. The smallest absolute Gasteiger partial charge is 0.0834 e. The molecule has 0 aromatic heterocycles. The van der Waals surface area contributed by atoms with Gasteiger partial charge in [0, 0.05) is 6.61 Å². The molecule has 0 amide bonds. The van der Waals surface area contributed by atoms with Gasteiger partial charge in [0.2, 0.25) is 0 Å². The average molecular weight is 130 g/mol. The molecule has 1 heterocycles. The Balaban J connectivity index is 2.24. The van der Waals surface area contributed by atoms with E-state index < -0.39 is 0 Å². The van der Waals surface area contributed by atoms with Crippen LogP contribution in [-0.2, 0) is 4.74 Å². The molecule has 1 rings (SSSR count). The Hall–Kier alpha value is -0.0800. The van der Waals surface area contributed by atoms with Crippen molar-refractivity contribution in [2.75, 3.05) is 6.61 Å². The molecule has 0 spiro atoms. The van der Waals surface area contributed by atoms with Crippen molar-refractivity contribution in [2.45, 2.75) is 38.4 Å². The van der Waals surface area contributed by atoms with Gasteiger partial charge in [-0.05, 0) is 19.3 Å². The molecule has 0 unspecified atom stereocenters. The van der Waals surface area contributed by atoms with Crippen LogP contribution in [0.2, 0.25) is 0 Å². The fourth-order valence-corrected chi connectivity index (χ4v) is 1.17. The highest BCUT2D eigenvalue weighted by molar-refractivity contribution is 4.71. The van der Waals surface area contributed by atoms with Crippen LogP contribution in [0, 0.1) is 0 Å². The quantitative estimate of drug-likeness (QED) is 0.602. The van der Waals surface area contributed by atoms with Crippen LogP contribution in [0.25, 0.3) is 0 Å². The summed E-state index contributed by atoms with van der Waals surface area (Å²) in [6.45, 7) is 2.81. The van der Waals surface area contributed by atoms with Crippen molar-refractivity contribution in [1.82, 2.24) is 0 Å². The summed E-state index contributed by atoms with van der Waals surface area (Å²) < 4.78 is 5.26. The van der Waals surface area contributed by atoms with E-state index in [0.717, 1.165) is 25.9 Å². The molecule has 1 aliphatic rings. The molecule has 2 nitrogen and oxygen atoms in total. The van der Waals surface area contributed by atoms with E-state index in [2.05, 4.69) is 0 Å². The first kappa shape index (κ1) is 7.03. The standard InChI is InChI=1S/C7H14O2/c1-2-6(8)7-4-3-5-9-7/h6-8H,2-5H2,1H3/t6-,7+/m1/s1. The Bertz CT molecular complexity index is 77.0. The zero-order valence-corrected chi connectivity index (χ0v) is 5.84. The number of hydrogen-bond donors (Lipinski definition) is 1. The summed E-state index contributed by atoms with van der Waals surface area (Å²) in [6.07, 6.45) is 2.86. The van der Waals surface area contributed by atoms with Crippen LogP contribution < -0.4 is 0 Å². The molecule has 2 heteroatoms. The van der Waals surface area contributed by atoms with Gasteiger partial charge in [0.25, 0.3) is 0 Å². The lowest BCUT2D eigenvalue weighted by Gasteiger charge is -2.14. The highest BCUT2D eigenvalue weighted by atomic mass is 16.5. The number of hydrogen-bond acceptors (Lipinski definition) is 2. The molecule has 54 valence electrons. The summed E-state index contributed by atoms with van der Waals surface area (Å²) in [7, 11) is 0. The van der Waals surface area contributed by atoms with Gasteiger partial charge in [-0.3, -0.25) is 0 Å². The molecule has 2 atom stereocenters. The third-order valence-electron chi connectivity index (χ3n) is 1.81. The molecule has 9 heavy (non-hydrogen) atoms. The van der Waals surface area contributed by atoms with E-state index in [-0.39, 0.29) is 12.2 Å². The molecular weight excluding hydrogens is 116 g/mol. The molecule has 1 fully saturated rings. The maximum absolute atomic E-state index is 9.23. The van der Waals surface area contributed by atoms with E-state index in [1.807, 2.05) is 6.92 Å². The van der Waals surface area contributed by atoms with Crippen LogP contribution in [-0.4, -0.2) is 23.9 Å². The van der Waals surface area contributed by atoms with E-state index in [0.29, 0.717) is 0 Å². The summed E-state index contributed by atoms with van der Waals surface area (Å²) in [5.41, 5.74) is 0. The predicted octanol–water partition coefficient (Wildman–Crippen LogP) is 0.936. The van der Waals surface area contributed by atoms with E-state index in [4.69, 9.17) is 4.74 Å². The van der Waals surface area contributed by atoms with Crippen molar-refractivity contribution in [1.29, 1.82) is 0 Å². The van der Waals surface area contributed by atoms with Crippen LogP contribution in [0.15, 0.2) is 0 Å². The highest BCUT2D eigenvalue weighted by Crippen LogP contribution is 2.16. The fourth-order valence-electron chi connectivity index (χ4n) is 1.17. The molecule has 1 aliphatic heterocycles. The lowest BCUT2D eigenvalue weighted by atomic mass is 10.1. The molecule has 1 N–H and O–H groups in total. The first-order valence-electron chi connectivity index (χ1n) is 3.64. The van der Waals surface area contributed by atoms with Crippen LogP contribution >= 0.6 is 0 Å². The van der Waals surface area contributed by atoms with E-state index in [1.165, 1.54) is 0 Å². The molecule has 0 bridgehead atoms. The molecule has 0 aromatic rings. The summed E-state index contributed by atoms with van der Waals surface area (Å²) >= 11 is 0. The zero-order chi connectivity index (χ0) is 6.69. The van der Waals surface area contributed by atoms with Crippen LogP contribution in [0.3, 0.4) is 0 Å². The second kappa shape index (κ2) is 3.18. The molecule has 0 radical (unpaired) electrons. The number of ether oxygens (including phenoxy) is 1. The number of rotatable bonds is 2. The van der Waals surface area contributed by atoms with Gasteiger partial charge in [0.15, 0.2) is 0 Å². The normalized spacial score (nSPS) is 30.7. The second-order valence-electron chi connectivity index (χ2n) is 2.53. The molecular formula is C7H14O2. The van der Waals surface area contributed by atoms with Crippen LogP contribution in [0.1, 0.15) is 26.2 Å². The third kappa shape index (κ3) is 1.66. The Morgan fingerprint density at radius 3 is 3.00 bits per heavy atom. The minimum absolute atomic E-state index is 0.134. The Morgan fingerprint density at radius 2 is 2.56 bits per heavy atom. The maximum Gasteiger partial charge on any atom is 0.0834 e. The third-order valence-corrected chi connectivity index (χ3v) is 1.81. The van der Waals surface area contributed by atoms with Gasteiger partial charge in [-0.1, -0.05) is 6.92 Å². The monoisotopic (exact) mass is 130 g/mol. The molecule has 1 saturated heterocycles. The minimum atomic E-state index is -0.229. The Labute approximate surface area is 55.8 Å². The fraction of sp³-hybridized carbons (Fsp3) is 1.00. The maximum atomic E-state index is 9.23. The van der Waals surface area contributed by atoms with Gasteiger partial charge in [-0.15, -0.1) is 0 Å². The van der Waals surface area contributed by atoms with Crippen molar-refractivity contribution in [3.8, 4) is 0 Å². The zero-order valence-electron chi connectivity index (χ0n) is 5.84. The summed E-state index contributed by atoms with van der Waals surface area (Å²) in [5, 5.41) is 9.23. The van der Waals surface area contributed by atoms with Crippen LogP contribution in [0.5, 0.6) is 0 Å². The van der Waals surface area contributed by atoms with E-state index in [9.17, 15) is 5.11 Å². The predicted molar refractivity (Wildman–Crippen MR) is 35.3 cm³/mol. The van der Waals surface area contributed by atoms with Gasteiger partial charge in [0.05, 0.1) is 12.2 Å². The summed E-state index contributed by atoms with van der Waals surface area (Å²) in [6, 6.07) is 0. The number of aliphatic hydroxyl groups is 1. The van der Waals surface area contributed by atoms with Crippen molar-refractivity contribution in [3.63, 3.8) is 0 Å². The summed E-state index contributed by atoms with van der Waals surface area (Å²) in [5.74, 6) is 0. The van der Waals surface area contributed by atoms with E-state index >= 15 is 0 Å². The van der Waals surface area contributed by atoms with E-state index in [1.54, 1.807) is 0 Å². The molecule has 0 aromatic carbocycles. The summed E-state index contributed by atoms with van der Waals surface area (Å²) in [4.78, 5) is 0. The largest absolute Gasteiger partial charge is 0.390 e.